The Balaban J connectivity index is 2.63. The third kappa shape index (κ3) is 3.35. The van der Waals surface area contributed by atoms with Crippen LogP contribution < -0.4 is 0 Å². The van der Waals surface area contributed by atoms with E-state index in [1.165, 1.54) is 0 Å². The lowest BCUT2D eigenvalue weighted by Gasteiger charge is -2.16. The largest absolute Gasteiger partial charge is 0.342 e. The fourth-order valence-corrected chi connectivity index (χ4v) is 1.53. The summed E-state index contributed by atoms with van der Waals surface area (Å²) in [6, 6.07) is 3.39. The Hall–Kier alpha value is -1.35. The van der Waals surface area contributed by atoms with Crippen molar-refractivity contribution in [1.29, 1.82) is 0 Å². The summed E-state index contributed by atoms with van der Waals surface area (Å²) in [5, 5.41) is 0.253. The Kier molecular flexibility index (Phi) is 4.99. The van der Waals surface area contributed by atoms with E-state index in [1.54, 1.807) is 30.3 Å². The molecule has 0 saturated heterocycles. The van der Waals surface area contributed by atoms with Crippen LogP contribution in [0, 0.1) is 0 Å². The summed E-state index contributed by atoms with van der Waals surface area (Å²) in [6.45, 7) is 4.33. The molecule has 1 amide bonds. The molecule has 0 aliphatic carbocycles. The number of carbonyl (C=O) groups excluding carboxylic acids is 1. The van der Waals surface area contributed by atoms with Crippen molar-refractivity contribution in [2.45, 2.75) is 12.8 Å². The van der Waals surface area contributed by atoms with E-state index >= 15 is 0 Å². The van der Waals surface area contributed by atoms with Gasteiger partial charge in [-0.15, -0.1) is 6.58 Å². The van der Waals surface area contributed by atoms with Crippen molar-refractivity contribution in [2.75, 3.05) is 13.6 Å². The molecule has 0 unspecified atom stereocenters. The maximum Gasteiger partial charge on any atom is 0.256 e. The van der Waals surface area contributed by atoms with Gasteiger partial charge < -0.3 is 4.90 Å². The summed E-state index contributed by atoms with van der Waals surface area (Å²) in [7, 11) is 1.76. The predicted octanol–water partition coefficient (Wildman–Crippen LogP) is 2.77. The Bertz CT molecular complexity index is 379. The molecule has 4 heteroatoms. The number of aromatic nitrogens is 1. The minimum atomic E-state index is -0.0952. The molecule has 0 aliphatic heterocycles. The SMILES string of the molecule is C=CCCCN(C)C(=O)c1cccnc1Cl. The second-order valence-corrected chi connectivity index (χ2v) is 3.86. The highest BCUT2D eigenvalue weighted by Crippen LogP contribution is 2.13. The van der Waals surface area contributed by atoms with E-state index in [1.807, 2.05) is 6.08 Å². The molecule has 3 nitrogen and oxygen atoms in total. The highest BCUT2D eigenvalue weighted by Gasteiger charge is 2.14. The van der Waals surface area contributed by atoms with E-state index in [2.05, 4.69) is 11.6 Å². The molecule has 1 heterocycles. The molecule has 16 heavy (non-hydrogen) atoms. The van der Waals surface area contributed by atoms with Gasteiger partial charge in [0, 0.05) is 19.8 Å². The Morgan fingerprint density at radius 2 is 2.44 bits per heavy atom. The topological polar surface area (TPSA) is 33.2 Å². The molecule has 0 aromatic carbocycles. The molecule has 0 bridgehead atoms. The number of hydrogen-bond acceptors (Lipinski definition) is 2. The van der Waals surface area contributed by atoms with E-state index in [0.29, 0.717) is 12.1 Å². The molecule has 1 rings (SSSR count). The highest BCUT2D eigenvalue weighted by molar-refractivity contribution is 6.32. The maximum atomic E-state index is 11.9. The summed E-state index contributed by atoms with van der Waals surface area (Å²) in [6.07, 6.45) is 5.22. The van der Waals surface area contributed by atoms with Crippen molar-refractivity contribution in [2.24, 2.45) is 0 Å². The van der Waals surface area contributed by atoms with Crippen LogP contribution in [0.4, 0.5) is 0 Å². The first-order valence-corrected chi connectivity index (χ1v) is 5.51. The maximum absolute atomic E-state index is 11.9. The van der Waals surface area contributed by atoms with Gasteiger partial charge in [0.15, 0.2) is 0 Å². The van der Waals surface area contributed by atoms with Gasteiger partial charge in [0.25, 0.3) is 5.91 Å². The van der Waals surface area contributed by atoms with Gasteiger partial charge in [-0.05, 0) is 25.0 Å². The highest BCUT2D eigenvalue weighted by atomic mass is 35.5. The molecular formula is C12H15ClN2O. The minimum Gasteiger partial charge on any atom is -0.342 e. The van der Waals surface area contributed by atoms with Crippen molar-refractivity contribution in [3.8, 4) is 0 Å². The molecule has 0 atom stereocenters. The summed E-state index contributed by atoms with van der Waals surface area (Å²) < 4.78 is 0. The molecule has 0 spiro atoms. The normalized spacial score (nSPS) is 9.88. The first kappa shape index (κ1) is 12.7. The van der Waals surface area contributed by atoms with Crippen molar-refractivity contribution < 1.29 is 4.79 Å². The molecule has 1 aromatic rings. The first-order valence-electron chi connectivity index (χ1n) is 5.13. The second-order valence-electron chi connectivity index (χ2n) is 3.50. The number of nitrogens with zero attached hydrogens (tertiary/aromatic N) is 2. The zero-order valence-electron chi connectivity index (χ0n) is 9.32. The Labute approximate surface area is 101 Å². The van der Waals surface area contributed by atoms with E-state index in [0.717, 1.165) is 12.8 Å². The zero-order valence-corrected chi connectivity index (χ0v) is 10.1. The number of rotatable bonds is 5. The van der Waals surface area contributed by atoms with Gasteiger partial charge in [-0.1, -0.05) is 17.7 Å². The first-order chi connectivity index (χ1) is 7.66. The number of unbranched alkanes of at least 4 members (excludes halogenated alkanes) is 1. The van der Waals surface area contributed by atoms with Crippen LogP contribution in [0.25, 0.3) is 0 Å². The molecule has 1 aromatic heterocycles. The summed E-state index contributed by atoms with van der Waals surface area (Å²) in [4.78, 5) is 17.5. The van der Waals surface area contributed by atoms with Crippen LogP contribution in [0.15, 0.2) is 31.0 Å². The molecule has 0 N–H and O–H groups in total. The quantitative estimate of drug-likeness (QED) is 0.449. The van der Waals surface area contributed by atoms with Gasteiger partial charge in [0.2, 0.25) is 0 Å². The van der Waals surface area contributed by atoms with Gasteiger partial charge in [-0.2, -0.15) is 0 Å². The number of amides is 1. The van der Waals surface area contributed by atoms with Gasteiger partial charge in [0.05, 0.1) is 5.56 Å². The van der Waals surface area contributed by atoms with Crippen LogP contribution in [-0.4, -0.2) is 29.4 Å². The molecular weight excluding hydrogens is 224 g/mol. The Morgan fingerprint density at radius 1 is 1.69 bits per heavy atom. The summed E-state index contributed by atoms with van der Waals surface area (Å²) in [5.41, 5.74) is 0.449. The fraction of sp³-hybridized carbons (Fsp3) is 0.333. The fourth-order valence-electron chi connectivity index (χ4n) is 1.33. The van der Waals surface area contributed by atoms with E-state index < -0.39 is 0 Å². The standard InChI is InChI=1S/C12H15ClN2O/c1-3-4-5-9-15(2)12(16)10-7-6-8-14-11(10)13/h3,6-8H,1,4-5,9H2,2H3. The van der Waals surface area contributed by atoms with Crippen LogP contribution in [-0.2, 0) is 0 Å². The molecule has 0 radical (unpaired) electrons. The van der Waals surface area contributed by atoms with Crippen LogP contribution in [0.1, 0.15) is 23.2 Å². The van der Waals surface area contributed by atoms with Crippen LogP contribution >= 0.6 is 11.6 Å². The summed E-state index contributed by atoms with van der Waals surface area (Å²) in [5.74, 6) is -0.0952. The average Bonchev–Trinajstić information content (AvgIpc) is 2.29. The van der Waals surface area contributed by atoms with Gasteiger partial charge in [-0.25, -0.2) is 4.98 Å². The van der Waals surface area contributed by atoms with Crippen molar-refractivity contribution in [3.63, 3.8) is 0 Å². The monoisotopic (exact) mass is 238 g/mol. The number of allylic oxidation sites excluding steroid dienone is 1. The average molecular weight is 239 g/mol. The van der Waals surface area contributed by atoms with Crippen molar-refractivity contribution >= 4 is 17.5 Å². The molecule has 0 aliphatic rings. The number of halogens is 1. The lowest BCUT2D eigenvalue weighted by molar-refractivity contribution is 0.0793. The lowest BCUT2D eigenvalue weighted by atomic mass is 10.2. The summed E-state index contributed by atoms with van der Waals surface area (Å²) >= 11 is 5.85. The smallest absolute Gasteiger partial charge is 0.256 e. The van der Waals surface area contributed by atoms with E-state index in [-0.39, 0.29) is 11.1 Å². The number of carbonyl (C=O) groups is 1. The second kappa shape index (κ2) is 6.28. The molecule has 0 fully saturated rings. The van der Waals surface area contributed by atoms with E-state index in [9.17, 15) is 4.79 Å². The third-order valence-corrected chi connectivity index (χ3v) is 2.54. The van der Waals surface area contributed by atoms with Crippen LogP contribution in [0.5, 0.6) is 0 Å². The van der Waals surface area contributed by atoms with Crippen molar-refractivity contribution in [3.05, 3.63) is 41.7 Å². The van der Waals surface area contributed by atoms with Crippen LogP contribution in [0.2, 0.25) is 5.15 Å². The van der Waals surface area contributed by atoms with Crippen LogP contribution in [0.3, 0.4) is 0 Å². The zero-order chi connectivity index (χ0) is 12.0. The van der Waals surface area contributed by atoms with Gasteiger partial charge in [-0.3, -0.25) is 4.79 Å². The molecule has 86 valence electrons. The lowest BCUT2D eigenvalue weighted by Crippen LogP contribution is -2.28. The molecule has 0 saturated carbocycles. The van der Waals surface area contributed by atoms with Gasteiger partial charge in [0.1, 0.15) is 5.15 Å². The van der Waals surface area contributed by atoms with Gasteiger partial charge >= 0.3 is 0 Å². The predicted molar refractivity (Wildman–Crippen MR) is 65.6 cm³/mol. The third-order valence-electron chi connectivity index (χ3n) is 2.24. The minimum absolute atomic E-state index is 0.0952. The number of hydrogen-bond donors (Lipinski definition) is 0. The Morgan fingerprint density at radius 3 is 3.06 bits per heavy atom. The van der Waals surface area contributed by atoms with Crippen molar-refractivity contribution in [1.82, 2.24) is 9.88 Å². The number of pyridine rings is 1. The van der Waals surface area contributed by atoms with E-state index in [4.69, 9.17) is 11.6 Å².